The number of piperidine rings is 1. The third-order valence-corrected chi connectivity index (χ3v) is 6.01. The molecule has 0 radical (unpaired) electrons. The lowest BCUT2D eigenvalue weighted by Gasteiger charge is -2.26. The van der Waals surface area contributed by atoms with Crippen molar-refractivity contribution >= 4 is 23.9 Å². The summed E-state index contributed by atoms with van der Waals surface area (Å²) in [7, 11) is 0. The zero-order chi connectivity index (χ0) is 24.1. The van der Waals surface area contributed by atoms with Crippen molar-refractivity contribution in [2.75, 3.05) is 26.3 Å². The highest BCUT2D eigenvalue weighted by molar-refractivity contribution is 6.12. The highest BCUT2D eigenvalue weighted by Crippen LogP contribution is 2.30. The highest BCUT2D eigenvalue weighted by atomic mass is 16.6. The summed E-state index contributed by atoms with van der Waals surface area (Å²) in [5.41, 5.74) is 3.95. The molecule has 0 spiro atoms. The Hall–Kier alpha value is -3.61. The summed E-state index contributed by atoms with van der Waals surface area (Å²) >= 11 is 0. The third-order valence-electron chi connectivity index (χ3n) is 6.01. The van der Waals surface area contributed by atoms with Gasteiger partial charge < -0.3 is 19.1 Å². The van der Waals surface area contributed by atoms with E-state index in [1.165, 1.54) is 6.42 Å². The largest absolute Gasteiger partial charge is 0.490 e. The van der Waals surface area contributed by atoms with Crippen molar-refractivity contribution in [3.63, 3.8) is 0 Å². The predicted octanol–water partition coefficient (Wildman–Crippen LogP) is 4.44. The van der Waals surface area contributed by atoms with Gasteiger partial charge in [-0.25, -0.2) is 9.79 Å². The maximum absolute atomic E-state index is 12.4. The van der Waals surface area contributed by atoms with Crippen LogP contribution in [0, 0.1) is 13.8 Å². The Balaban J connectivity index is 1.50. The second-order valence-corrected chi connectivity index (χ2v) is 8.50. The van der Waals surface area contributed by atoms with Gasteiger partial charge in [-0.1, -0.05) is 12.1 Å². The number of esters is 1. The van der Waals surface area contributed by atoms with Gasteiger partial charge in [0.05, 0.1) is 6.61 Å². The van der Waals surface area contributed by atoms with Gasteiger partial charge >= 0.3 is 5.97 Å². The van der Waals surface area contributed by atoms with Crippen LogP contribution in [0.15, 0.2) is 47.1 Å². The number of ether oxygens (including phenoxy) is 3. The standard InChI is InChI=1S/C27H30N2O5/c1-4-32-24-16-20(9-11-23(24)33-17-25(30)29-12-6-5-7-13-29)15-22-27(31)34-26(28-22)21-10-8-18(2)19(3)14-21/h8-11,14-16H,4-7,12-13,17H2,1-3H3/b22-15-. The lowest BCUT2D eigenvalue weighted by molar-refractivity contribution is -0.134. The predicted molar refractivity (Wildman–Crippen MR) is 130 cm³/mol. The van der Waals surface area contributed by atoms with E-state index in [0.29, 0.717) is 24.0 Å². The molecule has 34 heavy (non-hydrogen) atoms. The highest BCUT2D eigenvalue weighted by Gasteiger charge is 2.24. The Morgan fingerprint density at radius 2 is 1.82 bits per heavy atom. The first-order valence-corrected chi connectivity index (χ1v) is 11.7. The maximum Gasteiger partial charge on any atom is 0.363 e. The van der Waals surface area contributed by atoms with Gasteiger partial charge in [0.25, 0.3) is 5.91 Å². The van der Waals surface area contributed by atoms with Gasteiger partial charge in [-0.15, -0.1) is 0 Å². The van der Waals surface area contributed by atoms with E-state index < -0.39 is 5.97 Å². The third kappa shape index (κ3) is 5.47. The van der Waals surface area contributed by atoms with E-state index >= 15 is 0 Å². The van der Waals surface area contributed by atoms with Crippen LogP contribution in [0.2, 0.25) is 0 Å². The summed E-state index contributed by atoms with van der Waals surface area (Å²) in [5.74, 6) is 0.769. The number of cyclic esters (lactones) is 1. The van der Waals surface area contributed by atoms with Crippen LogP contribution in [0.25, 0.3) is 6.08 Å². The van der Waals surface area contributed by atoms with Gasteiger partial charge in [0.1, 0.15) is 0 Å². The molecule has 2 aromatic carbocycles. The molecule has 0 unspecified atom stereocenters. The number of likely N-dealkylation sites (tertiary alicyclic amines) is 1. The molecule has 0 N–H and O–H groups in total. The summed E-state index contributed by atoms with van der Waals surface area (Å²) in [6.07, 6.45) is 4.90. The molecule has 1 amide bonds. The number of benzene rings is 2. The molecular formula is C27H30N2O5. The topological polar surface area (TPSA) is 77.4 Å². The number of nitrogens with zero attached hydrogens (tertiary/aromatic N) is 2. The molecular weight excluding hydrogens is 432 g/mol. The summed E-state index contributed by atoms with van der Waals surface area (Å²) in [5, 5.41) is 0. The van der Waals surface area contributed by atoms with Crippen LogP contribution < -0.4 is 9.47 Å². The molecule has 7 nitrogen and oxygen atoms in total. The molecule has 2 aromatic rings. The van der Waals surface area contributed by atoms with Gasteiger partial charge in [-0.3, -0.25) is 4.79 Å². The molecule has 0 bridgehead atoms. The monoisotopic (exact) mass is 462 g/mol. The summed E-state index contributed by atoms with van der Waals surface area (Å²) < 4.78 is 16.9. The van der Waals surface area contributed by atoms with Crippen LogP contribution >= 0.6 is 0 Å². The Labute approximate surface area is 200 Å². The van der Waals surface area contributed by atoms with Crippen molar-refractivity contribution in [2.24, 2.45) is 4.99 Å². The number of aliphatic imine (C=N–C) groups is 1. The van der Waals surface area contributed by atoms with Crippen LogP contribution in [0.3, 0.4) is 0 Å². The molecule has 2 aliphatic rings. The lowest BCUT2D eigenvalue weighted by atomic mass is 10.1. The number of hydrogen-bond acceptors (Lipinski definition) is 6. The summed E-state index contributed by atoms with van der Waals surface area (Å²) in [6.45, 7) is 7.89. The molecule has 2 aliphatic heterocycles. The molecule has 0 saturated carbocycles. The fourth-order valence-electron chi connectivity index (χ4n) is 3.94. The molecule has 0 atom stereocenters. The van der Waals surface area contributed by atoms with Crippen LogP contribution in [-0.2, 0) is 14.3 Å². The summed E-state index contributed by atoms with van der Waals surface area (Å²) in [6, 6.07) is 11.1. The quantitative estimate of drug-likeness (QED) is 0.449. The van der Waals surface area contributed by atoms with Gasteiger partial charge in [-0.05, 0) is 87.1 Å². The van der Waals surface area contributed by atoms with Crippen molar-refractivity contribution in [2.45, 2.75) is 40.0 Å². The SMILES string of the molecule is CCOc1cc(/C=C2\N=C(c3ccc(C)c(C)c3)OC2=O)ccc1OCC(=O)N1CCCCC1. The number of aryl methyl sites for hydroxylation is 2. The normalized spacial score (nSPS) is 16.9. The first-order chi connectivity index (χ1) is 16.4. The van der Waals surface area contributed by atoms with Crippen LogP contribution in [0.4, 0.5) is 0 Å². The van der Waals surface area contributed by atoms with E-state index in [2.05, 4.69) is 4.99 Å². The van der Waals surface area contributed by atoms with Gasteiger partial charge in [0.2, 0.25) is 5.90 Å². The van der Waals surface area contributed by atoms with Gasteiger partial charge in [0.15, 0.2) is 23.8 Å². The molecule has 178 valence electrons. The second-order valence-electron chi connectivity index (χ2n) is 8.50. The molecule has 1 saturated heterocycles. The fourth-order valence-corrected chi connectivity index (χ4v) is 3.94. The van der Waals surface area contributed by atoms with Gasteiger partial charge in [0, 0.05) is 18.7 Å². The average Bonchev–Trinajstić information content (AvgIpc) is 3.21. The van der Waals surface area contributed by atoms with Crippen molar-refractivity contribution < 1.29 is 23.8 Å². The lowest BCUT2D eigenvalue weighted by Crippen LogP contribution is -2.38. The molecule has 1 fully saturated rings. The van der Waals surface area contributed by atoms with Crippen LogP contribution in [0.5, 0.6) is 11.5 Å². The van der Waals surface area contributed by atoms with E-state index in [9.17, 15) is 9.59 Å². The first kappa shape index (κ1) is 23.5. The second kappa shape index (κ2) is 10.5. The van der Waals surface area contributed by atoms with Crippen molar-refractivity contribution in [1.82, 2.24) is 4.90 Å². The molecule has 2 heterocycles. The van der Waals surface area contributed by atoms with E-state index in [1.807, 2.05) is 43.9 Å². The minimum atomic E-state index is -0.501. The molecule has 7 heteroatoms. The number of hydrogen-bond donors (Lipinski definition) is 0. The summed E-state index contributed by atoms with van der Waals surface area (Å²) in [4.78, 5) is 31.1. The fraction of sp³-hybridized carbons (Fsp3) is 0.370. The minimum absolute atomic E-state index is 0.0183. The number of carbonyl (C=O) groups excluding carboxylic acids is 2. The van der Waals surface area contributed by atoms with Crippen molar-refractivity contribution in [3.8, 4) is 11.5 Å². The number of rotatable bonds is 7. The Morgan fingerprint density at radius 3 is 2.56 bits per heavy atom. The number of carbonyl (C=O) groups is 2. The Bertz CT molecular complexity index is 1150. The first-order valence-electron chi connectivity index (χ1n) is 11.7. The van der Waals surface area contributed by atoms with Gasteiger partial charge in [-0.2, -0.15) is 0 Å². The Kier molecular flexibility index (Phi) is 7.30. The maximum atomic E-state index is 12.4. The van der Waals surface area contributed by atoms with E-state index in [1.54, 1.807) is 24.3 Å². The van der Waals surface area contributed by atoms with E-state index in [-0.39, 0.29) is 18.2 Å². The smallest absolute Gasteiger partial charge is 0.363 e. The van der Waals surface area contributed by atoms with Crippen LogP contribution in [-0.4, -0.2) is 49.0 Å². The van der Waals surface area contributed by atoms with Crippen molar-refractivity contribution in [3.05, 3.63) is 64.3 Å². The van der Waals surface area contributed by atoms with Crippen LogP contribution in [0.1, 0.15) is 48.4 Å². The molecule has 4 rings (SSSR count). The average molecular weight is 463 g/mol. The van der Waals surface area contributed by atoms with Crippen molar-refractivity contribution in [1.29, 1.82) is 0 Å². The Morgan fingerprint density at radius 1 is 1.03 bits per heavy atom. The zero-order valence-corrected chi connectivity index (χ0v) is 19.9. The number of amides is 1. The minimum Gasteiger partial charge on any atom is -0.490 e. The molecule has 0 aliphatic carbocycles. The zero-order valence-electron chi connectivity index (χ0n) is 19.9. The van der Waals surface area contributed by atoms with E-state index in [0.717, 1.165) is 48.2 Å². The molecule has 0 aromatic heterocycles. The van der Waals surface area contributed by atoms with E-state index in [4.69, 9.17) is 14.2 Å².